The van der Waals surface area contributed by atoms with E-state index in [-0.39, 0.29) is 18.7 Å². The highest BCUT2D eigenvalue weighted by Crippen LogP contribution is 2.09. The number of nitrogens with one attached hydrogen (secondary N) is 3. The van der Waals surface area contributed by atoms with Crippen molar-refractivity contribution in [3.8, 4) is 6.07 Å². The summed E-state index contributed by atoms with van der Waals surface area (Å²) in [5.41, 5.74) is 6.15. The molecule has 1 heterocycles. The zero-order chi connectivity index (χ0) is 20.7. The Morgan fingerprint density at radius 3 is 2.39 bits per heavy atom. The number of nitriles is 1. The highest BCUT2D eigenvalue weighted by Gasteiger charge is 2.35. The van der Waals surface area contributed by atoms with Crippen LogP contribution < -0.4 is 21.7 Å². The average molecular weight is 385 g/mol. The standard InChI is InChI=1S/C19H23N5O4/c1-11(10-20)7-13(17(21)26)22-16(25)9-15-19(28)23-14(18(27)24-15)8-12-5-3-2-4-6-12/h2-6,11,13-15H,7-9H2,1H3,(H2,21,26)(H,22,25)(H,23,28)(H,24,27)/t11-,13+,14+,15+/m1/s1. The molecule has 4 amide bonds. The summed E-state index contributed by atoms with van der Waals surface area (Å²) in [6, 6.07) is 8.43. The van der Waals surface area contributed by atoms with Crippen LogP contribution in [0.4, 0.5) is 0 Å². The van der Waals surface area contributed by atoms with Crippen molar-refractivity contribution >= 4 is 23.6 Å². The molecule has 1 aliphatic rings. The Bertz CT molecular complexity index is 789. The van der Waals surface area contributed by atoms with Crippen LogP contribution in [-0.4, -0.2) is 41.8 Å². The molecule has 28 heavy (non-hydrogen) atoms. The number of amides is 4. The number of nitrogens with zero attached hydrogens (tertiary/aromatic N) is 1. The van der Waals surface area contributed by atoms with Crippen molar-refractivity contribution in [1.82, 2.24) is 16.0 Å². The number of benzene rings is 1. The average Bonchev–Trinajstić information content (AvgIpc) is 2.65. The quantitative estimate of drug-likeness (QED) is 0.458. The van der Waals surface area contributed by atoms with Gasteiger partial charge in [0.2, 0.25) is 23.6 Å². The van der Waals surface area contributed by atoms with Gasteiger partial charge in [0.1, 0.15) is 18.1 Å². The third-order valence-electron chi connectivity index (χ3n) is 4.43. The fourth-order valence-electron chi connectivity index (χ4n) is 2.90. The number of hydrogen-bond donors (Lipinski definition) is 4. The first-order chi connectivity index (χ1) is 13.3. The molecule has 0 aliphatic carbocycles. The Morgan fingerprint density at radius 2 is 1.79 bits per heavy atom. The molecule has 4 atom stereocenters. The topological polar surface area (TPSA) is 154 Å². The van der Waals surface area contributed by atoms with E-state index in [1.165, 1.54) is 0 Å². The van der Waals surface area contributed by atoms with Crippen LogP contribution in [0.25, 0.3) is 0 Å². The first-order valence-electron chi connectivity index (χ1n) is 8.93. The van der Waals surface area contributed by atoms with Gasteiger partial charge in [-0.1, -0.05) is 30.3 Å². The van der Waals surface area contributed by atoms with E-state index in [0.717, 1.165) is 5.56 Å². The van der Waals surface area contributed by atoms with E-state index in [9.17, 15) is 19.2 Å². The number of nitrogens with two attached hydrogens (primary N) is 1. The van der Waals surface area contributed by atoms with Crippen LogP contribution in [0.3, 0.4) is 0 Å². The molecule has 148 valence electrons. The second-order valence-electron chi connectivity index (χ2n) is 6.80. The molecule has 9 heteroatoms. The zero-order valence-corrected chi connectivity index (χ0v) is 15.5. The van der Waals surface area contributed by atoms with Crippen LogP contribution >= 0.6 is 0 Å². The van der Waals surface area contributed by atoms with Crippen LogP contribution in [0.2, 0.25) is 0 Å². The van der Waals surface area contributed by atoms with Gasteiger partial charge < -0.3 is 21.7 Å². The van der Waals surface area contributed by atoms with E-state index in [1.54, 1.807) is 6.92 Å². The van der Waals surface area contributed by atoms with Crippen molar-refractivity contribution in [3.63, 3.8) is 0 Å². The number of primary amides is 1. The number of rotatable bonds is 8. The van der Waals surface area contributed by atoms with Gasteiger partial charge in [0, 0.05) is 12.3 Å². The van der Waals surface area contributed by atoms with Crippen molar-refractivity contribution in [1.29, 1.82) is 5.26 Å². The predicted molar refractivity (Wildman–Crippen MR) is 99.1 cm³/mol. The molecule has 0 spiro atoms. The molecule has 1 aromatic carbocycles. The van der Waals surface area contributed by atoms with Gasteiger partial charge in [-0.2, -0.15) is 5.26 Å². The van der Waals surface area contributed by atoms with E-state index in [1.807, 2.05) is 36.4 Å². The summed E-state index contributed by atoms with van der Waals surface area (Å²) in [6.45, 7) is 1.60. The number of carbonyl (C=O) groups excluding carboxylic acids is 4. The molecule has 1 aromatic rings. The first-order valence-corrected chi connectivity index (χ1v) is 8.93. The van der Waals surface area contributed by atoms with E-state index >= 15 is 0 Å². The predicted octanol–water partition coefficient (Wildman–Crippen LogP) is -0.878. The highest BCUT2D eigenvalue weighted by molar-refractivity contribution is 5.99. The minimum Gasteiger partial charge on any atom is -0.368 e. The van der Waals surface area contributed by atoms with Crippen molar-refractivity contribution < 1.29 is 19.2 Å². The summed E-state index contributed by atoms with van der Waals surface area (Å²) in [7, 11) is 0. The highest BCUT2D eigenvalue weighted by atomic mass is 16.2. The fourth-order valence-corrected chi connectivity index (χ4v) is 2.90. The second kappa shape index (κ2) is 9.50. The lowest BCUT2D eigenvalue weighted by atomic mass is 10.00. The maximum absolute atomic E-state index is 12.3. The normalized spacial score (nSPS) is 20.9. The Hall–Kier alpha value is -3.41. The molecule has 1 fully saturated rings. The van der Waals surface area contributed by atoms with Gasteiger partial charge in [-0.05, 0) is 18.9 Å². The molecule has 0 radical (unpaired) electrons. The molecule has 0 unspecified atom stereocenters. The Morgan fingerprint density at radius 1 is 1.18 bits per heavy atom. The SMILES string of the molecule is C[C@@H](C#N)C[C@H](NC(=O)C[C@@H]1NC(=O)[C@H](Cc2ccccc2)NC1=O)C(N)=O. The van der Waals surface area contributed by atoms with E-state index in [0.29, 0.717) is 6.42 Å². The lowest BCUT2D eigenvalue weighted by Gasteiger charge is -2.29. The molecule has 1 aliphatic heterocycles. The second-order valence-corrected chi connectivity index (χ2v) is 6.80. The maximum atomic E-state index is 12.3. The van der Waals surface area contributed by atoms with Gasteiger partial charge in [0.25, 0.3) is 0 Å². The summed E-state index contributed by atoms with van der Waals surface area (Å²) in [6.07, 6.45) is 0.0768. The summed E-state index contributed by atoms with van der Waals surface area (Å²) < 4.78 is 0. The van der Waals surface area contributed by atoms with Crippen LogP contribution in [0.5, 0.6) is 0 Å². The Balaban J connectivity index is 1.91. The van der Waals surface area contributed by atoms with Crippen LogP contribution in [-0.2, 0) is 25.6 Å². The molecule has 2 rings (SSSR count). The van der Waals surface area contributed by atoms with Gasteiger partial charge in [-0.15, -0.1) is 0 Å². The molecule has 5 N–H and O–H groups in total. The van der Waals surface area contributed by atoms with Crippen molar-refractivity contribution in [2.45, 2.75) is 44.3 Å². The third kappa shape index (κ3) is 5.81. The Kier molecular flexibility index (Phi) is 7.09. The van der Waals surface area contributed by atoms with Gasteiger partial charge in [0.15, 0.2) is 0 Å². The molecule has 1 saturated heterocycles. The number of hydrogen-bond acceptors (Lipinski definition) is 5. The van der Waals surface area contributed by atoms with E-state index < -0.39 is 41.8 Å². The summed E-state index contributed by atoms with van der Waals surface area (Å²) in [5.74, 6) is -2.72. The molecule has 0 saturated carbocycles. The summed E-state index contributed by atoms with van der Waals surface area (Å²) in [4.78, 5) is 48.2. The summed E-state index contributed by atoms with van der Waals surface area (Å²) in [5, 5.41) is 16.4. The first kappa shape index (κ1) is 20.9. The van der Waals surface area contributed by atoms with Gasteiger partial charge >= 0.3 is 0 Å². The molecule has 9 nitrogen and oxygen atoms in total. The zero-order valence-electron chi connectivity index (χ0n) is 15.5. The van der Waals surface area contributed by atoms with Gasteiger partial charge in [0.05, 0.1) is 12.5 Å². The minimum absolute atomic E-state index is 0.0694. The summed E-state index contributed by atoms with van der Waals surface area (Å²) >= 11 is 0. The molecular weight excluding hydrogens is 362 g/mol. The Labute approximate surface area is 162 Å². The lowest BCUT2D eigenvalue weighted by Crippen LogP contribution is -2.63. The van der Waals surface area contributed by atoms with Crippen molar-refractivity contribution in [3.05, 3.63) is 35.9 Å². The van der Waals surface area contributed by atoms with Gasteiger partial charge in [-0.25, -0.2) is 0 Å². The lowest BCUT2D eigenvalue weighted by molar-refractivity contribution is -0.138. The van der Waals surface area contributed by atoms with Gasteiger partial charge in [-0.3, -0.25) is 19.2 Å². The minimum atomic E-state index is -1.04. The smallest absolute Gasteiger partial charge is 0.243 e. The molecular formula is C19H23N5O4. The maximum Gasteiger partial charge on any atom is 0.243 e. The van der Waals surface area contributed by atoms with Crippen molar-refractivity contribution in [2.24, 2.45) is 11.7 Å². The van der Waals surface area contributed by atoms with Crippen LogP contribution in [0.15, 0.2) is 30.3 Å². The largest absolute Gasteiger partial charge is 0.368 e. The number of piperazine rings is 1. The monoisotopic (exact) mass is 385 g/mol. The van der Waals surface area contributed by atoms with E-state index in [4.69, 9.17) is 11.0 Å². The van der Waals surface area contributed by atoms with Crippen LogP contribution in [0, 0.1) is 17.2 Å². The molecule has 0 bridgehead atoms. The van der Waals surface area contributed by atoms with Crippen LogP contribution in [0.1, 0.15) is 25.3 Å². The number of carbonyl (C=O) groups is 4. The van der Waals surface area contributed by atoms with Crippen molar-refractivity contribution in [2.75, 3.05) is 0 Å². The third-order valence-corrected chi connectivity index (χ3v) is 4.43. The van der Waals surface area contributed by atoms with E-state index in [2.05, 4.69) is 16.0 Å². The molecule has 0 aromatic heterocycles. The fraction of sp³-hybridized carbons (Fsp3) is 0.421.